The molecule has 0 saturated carbocycles. The number of hydrogen-bond acceptors (Lipinski definition) is 5. The Kier molecular flexibility index (Phi) is 4.92. The SMILES string of the molecule is CS(=O)(=O)c1ccc([C@H]2C[C@H](F)[C@@H](O)c3cc(F)cc(C#N)c32)c2c1[C@H](O)[C@H](F)C2. The molecule has 0 amide bonds. The fourth-order valence-electron chi connectivity index (χ4n) is 4.66. The van der Waals surface area contributed by atoms with Gasteiger partial charge in [-0.2, -0.15) is 5.26 Å². The molecule has 5 nitrogen and oxygen atoms in total. The third-order valence-corrected chi connectivity index (χ3v) is 7.09. The van der Waals surface area contributed by atoms with E-state index >= 15 is 0 Å². The Balaban J connectivity index is 2.00. The Morgan fingerprint density at radius 1 is 1.07 bits per heavy atom. The van der Waals surface area contributed by atoms with Crippen LogP contribution < -0.4 is 0 Å². The van der Waals surface area contributed by atoms with Gasteiger partial charge in [-0.15, -0.1) is 0 Å². The molecule has 0 radical (unpaired) electrons. The van der Waals surface area contributed by atoms with E-state index in [0.717, 1.165) is 18.4 Å². The first-order valence-corrected chi connectivity index (χ1v) is 11.2. The molecule has 0 spiro atoms. The molecule has 2 N–H and O–H groups in total. The van der Waals surface area contributed by atoms with Gasteiger partial charge in [0, 0.05) is 24.2 Å². The highest BCUT2D eigenvalue weighted by atomic mass is 32.2. The van der Waals surface area contributed by atoms with Gasteiger partial charge < -0.3 is 10.2 Å². The maximum Gasteiger partial charge on any atom is 0.175 e. The highest BCUT2D eigenvalue weighted by molar-refractivity contribution is 7.90. The number of hydrogen-bond donors (Lipinski definition) is 2. The minimum Gasteiger partial charge on any atom is -0.385 e. The Morgan fingerprint density at radius 2 is 1.77 bits per heavy atom. The number of rotatable bonds is 2. The van der Waals surface area contributed by atoms with Crippen molar-refractivity contribution in [3.8, 4) is 6.07 Å². The van der Waals surface area contributed by atoms with Gasteiger partial charge in [0.05, 0.1) is 16.5 Å². The summed E-state index contributed by atoms with van der Waals surface area (Å²) in [6, 6.07) is 6.46. The molecule has 2 aromatic carbocycles. The predicted octanol–water partition coefficient (Wildman–Crippen LogP) is 2.94. The second-order valence-electron chi connectivity index (χ2n) is 7.80. The van der Waals surface area contributed by atoms with Gasteiger partial charge in [-0.1, -0.05) is 6.07 Å². The molecule has 2 aliphatic rings. The van der Waals surface area contributed by atoms with E-state index in [-0.39, 0.29) is 45.6 Å². The second-order valence-corrected chi connectivity index (χ2v) is 9.78. The number of aliphatic hydroxyl groups is 2. The van der Waals surface area contributed by atoms with Crippen molar-refractivity contribution in [3.63, 3.8) is 0 Å². The largest absolute Gasteiger partial charge is 0.385 e. The number of benzene rings is 2. The van der Waals surface area contributed by atoms with Crippen LogP contribution in [-0.2, 0) is 16.3 Å². The Morgan fingerprint density at radius 3 is 2.40 bits per heavy atom. The molecule has 0 saturated heterocycles. The monoisotopic (exact) mass is 437 g/mol. The van der Waals surface area contributed by atoms with Gasteiger partial charge >= 0.3 is 0 Å². The molecule has 0 aliphatic heterocycles. The van der Waals surface area contributed by atoms with Crippen molar-refractivity contribution in [2.45, 2.75) is 48.2 Å². The summed E-state index contributed by atoms with van der Waals surface area (Å²) < 4.78 is 67.3. The molecule has 158 valence electrons. The number of alkyl halides is 2. The standard InChI is InChI=1S/C21H18F3NO4S/c1-30(28,29)17-3-2-11(13-7-16(24)21(27)19(13)17)12-6-15(23)20(26)14-5-10(22)4-9(8-25)18(12)14/h2-5,12,15-16,20-21,26-27H,6-7H2,1H3/t12-,15+,16-,20+,21-/m1/s1. The average Bonchev–Trinajstić information content (AvgIpc) is 2.97. The lowest BCUT2D eigenvalue weighted by atomic mass is 9.73. The minimum absolute atomic E-state index is 0.0633. The van der Waals surface area contributed by atoms with Crippen molar-refractivity contribution >= 4 is 9.84 Å². The van der Waals surface area contributed by atoms with E-state index in [1.807, 2.05) is 6.07 Å². The van der Waals surface area contributed by atoms with Gasteiger partial charge in [0.15, 0.2) is 9.84 Å². The zero-order chi connectivity index (χ0) is 22.0. The number of nitrogens with zero attached hydrogens (tertiary/aromatic N) is 1. The quantitative estimate of drug-likeness (QED) is 0.753. The van der Waals surface area contributed by atoms with Crippen molar-refractivity contribution < 1.29 is 31.8 Å². The first-order chi connectivity index (χ1) is 14.0. The average molecular weight is 437 g/mol. The summed E-state index contributed by atoms with van der Waals surface area (Å²) in [5, 5.41) is 30.0. The van der Waals surface area contributed by atoms with Gasteiger partial charge in [0.1, 0.15) is 30.4 Å². The van der Waals surface area contributed by atoms with E-state index in [9.17, 15) is 37.1 Å². The van der Waals surface area contributed by atoms with Crippen LogP contribution in [-0.4, -0.2) is 37.2 Å². The number of fused-ring (bicyclic) bond motifs is 2. The first kappa shape index (κ1) is 20.8. The zero-order valence-electron chi connectivity index (χ0n) is 15.8. The lowest BCUT2D eigenvalue weighted by Gasteiger charge is -2.34. The topological polar surface area (TPSA) is 98.4 Å². The lowest BCUT2D eigenvalue weighted by Crippen LogP contribution is -2.27. The maximum absolute atomic E-state index is 14.7. The smallest absolute Gasteiger partial charge is 0.175 e. The van der Waals surface area contributed by atoms with Crippen LogP contribution in [0.15, 0.2) is 29.2 Å². The van der Waals surface area contributed by atoms with E-state index in [0.29, 0.717) is 5.56 Å². The summed E-state index contributed by atoms with van der Waals surface area (Å²) in [4.78, 5) is -0.207. The molecule has 0 heterocycles. The van der Waals surface area contributed by atoms with Crippen LogP contribution in [0, 0.1) is 17.1 Å². The van der Waals surface area contributed by atoms with Crippen LogP contribution in [0.4, 0.5) is 13.2 Å². The molecule has 4 rings (SSSR count). The van der Waals surface area contributed by atoms with Gasteiger partial charge in [-0.3, -0.25) is 0 Å². The summed E-state index contributed by atoms with van der Waals surface area (Å²) in [5.74, 6) is -1.64. The van der Waals surface area contributed by atoms with E-state index in [1.54, 1.807) is 0 Å². The summed E-state index contributed by atoms with van der Waals surface area (Å²) in [7, 11) is -3.77. The zero-order valence-corrected chi connectivity index (χ0v) is 16.6. The Bertz CT molecular complexity index is 1190. The predicted molar refractivity (Wildman–Crippen MR) is 101 cm³/mol. The van der Waals surface area contributed by atoms with Crippen LogP contribution in [0.1, 0.15) is 57.9 Å². The molecular formula is C21H18F3NO4S. The maximum atomic E-state index is 14.7. The Labute approximate surface area is 171 Å². The number of halogens is 3. The Hall–Kier alpha value is -2.41. The lowest BCUT2D eigenvalue weighted by molar-refractivity contribution is 0.0599. The van der Waals surface area contributed by atoms with Crippen LogP contribution in [0.5, 0.6) is 0 Å². The second kappa shape index (κ2) is 7.08. The number of sulfone groups is 1. The van der Waals surface area contributed by atoms with Crippen molar-refractivity contribution in [2.24, 2.45) is 0 Å². The van der Waals surface area contributed by atoms with E-state index in [4.69, 9.17) is 0 Å². The molecule has 0 aromatic heterocycles. The third-order valence-electron chi connectivity index (χ3n) is 5.93. The minimum atomic E-state index is -3.77. The van der Waals surface area contributed by atoms with Gasteiger partial charge in [-0.25, -0.2) is 21.6 Å². The summed E-state index contributed by atoms with van der Waals surface area (Å²) in [6.07, 6.45) is -6.37. The molecule has 2 aromatic rings. The molecule has 2 aliphatic carbocycles. The fourth-order valence-corrected chi connectivity index (χ4v) is 5.62. The number of nitriles is 1. The summed E-state index contributed by atoms with van der Waals surface area (Å²) in [5.41, 5.74) is 0.614. The molecule has 9 heteroatoms. The first-order valence-electron chi connectivity index (χ1n) is 9.28. The highest BCUT2D eigenvalue weighted by Gasteiger charge is 2.42. The highest BCUT2D eigenvalue weighted by Crippen LogP contribution is 2.49. The molecule has 0 fully saturated rings. The van der Waals surface area contributed by atoms with Crippen LogP contribution in [0.3, 0.4) is 0 Å². The van der Waals surface area contributed by atoms with E-state index < -0.39 is 46.1 Å². The van der Waals surface area contributed by atoms with Crippen LogP contribution >= 0.6 is 0 Å². The number of aliphatic hydroxyl groups excluding tert-OH is 2. The summed E-state index contributed by atoms with van der Waals surface area (Å²) in [6.45, 7) is 0. The van der Waals surface area contributed by atoms with Gasteiger partial charge in [0.25, 0.3) is 0 Å². The van der Waals surface area contributed by atoms with Crippen molar-refractivity contribution in [2.75, 3.05) is 6.26 Å². The molecule has 30 heavy (non-hydrogen) atoms. The van der Waals surface area contributed by atoms with Crippen LogP contribution in [0.2, 0.25) is 0 Å². The van der Waals surface area contributed by atoms with E-state index in [2.05, 4.69) is 0 Å². The van der Waals surface area contributed by atoms with Crippen molar-refractivity contribution in [1.82, 2.24) is 0 Å². The van der Waals surface area contributed by atoms with Gasteiger partial charge in [-0.05, 0) is 46.9 Å². The normalized spacial score (nSPS) is 28.0. The third kappa shape index (κ3) is 3.11. The molecule has 0 bridgehead atoms. The molecular weight excluding hydrogens is 419 g/mol. The summed E-state index contributed by atoms with van der Waals surface area (Å²) >= 11 is 0. The van der Waals surface area contributed by atoms with Crippen molar-refractivity contribution in [1.29, 1.82) is 5.26 Å². The molecule has 0 unspecified atom stereocenters. The van der Waals surface area contributed by atoms with Crippen LogP contribution in [0.25, 0.3) is 0 Å². The molecule has 5 atom stereocenters. The van der Waals surface area contributed by atoms with E-state index in [1.165, 1.54) is 12.1 Å². The van der Waals surface area contributed by atoms with Gasteiger partial charge in [0.2, 0.25) is 0 Å². The fraction of sp³-hybridized carbons (Fsp3) is 0.381. The van der Waals surface area contributed by atoms with Crippen molar-refractivity contribution in [3.05, 3.63) is 63.5 Å².